The number of amides is 1. The number of carbonyl (C=O) groups excluding carboxylic acids is 1. The number of carbonyl (C=O) groups is 1. The molecule has 1 aromatic heterocycles. The van der Waals surface area contributed by atoms with E-state index < -0.39 is 0 Å². The Morgan fingerprint density at radius 1 is 0.818 bits per heavy atom. The molecule has 33 heavy (non-hydrogen) atoms. The molecule has 3 aromatic rings. The second kappa shape index (κ2) is 13.8. The molecular formula is C27H36N2O3S. The van der Waals surface area contributed by atoms with E-state index in [9.17, 15) is 4.79 Å². The van der Waals surface area contributed by atoms with E-state index in [-0.39, 0.29) is 5.91 Å². The summed E-state index contributed by atoms with van der Waals surface area (Å²) < 4.78 is 12.5. The molecule has 3 rings (SSSR count). The van der Waals surface area contributed by atoms with Gasteiger partial charge in [-0.15, -0.1) is 0 Å². The van der Waals surface area contributed by atoms with Crippen LogP contribution in [0.1, 0.15) is 82.0 Å². The number of hydrogen-bond acceptors (Lipinski definition) is 5. The first kappa shape index (κ1) is 25.0. The quantitative estimate of drug-likeness (QED) is 0.231. The van der Waals surface area contributed by atoms with E-state index >= 15 is 0 Å². The first-order valence-electron chi connectivity index (χ1n) is 12.3. The molecule has 0 unspecified atom stereocenters. The van der Waals surface area contributed by atoms with Crippen LogP contribution in [-0.2, 0) is 0 Å². The molecule has 1 heterocycles. The van der Waals surface area contributed by atoms with E-state index in [0.717, 1.165) is 41.2 Å². The molecule has 0 saturated heterocycles. The zero-order valence-electron chi connectivity index (χ0n) is 19.9. The molecule has 1 amide bonds. The van der Waals surface area contributed by atoms with Gasteiger partial charge in [-0.1, -0.05) is 70.1 Å². The van der Waals surface area contributed by atoms with Gasteiger partial charge in [0.2, 0.25) is 0 Å². The lowest BCUT2D eigenvalue weighted by Crippen LogP contribution is -2.11. The minimum absolute atomic E-state index is 0.178. The fraction of sp³-hybridized carbons (Fsp3) is 0.481. The minimum atomic E-state index is -0.178. The van der Waals surface area contributed by atoms with Crippen molar-refractivity contribution in [3.8, 4) is 11.5 Å². The Labute approximate surface area is 201 Å². The van der Waals surface area contributed by atoms with Crippen LogP contribution in [0.5, 0.6) is 11.5 Å². The normalized spacial score (nSPS) is 11.0. The molecule has 0 saturated carbocycles. The van der Waals surface area contributed by atoms with E-state index in [4.69, 9.17) is 9.47 Å². The minimum Gasteiger partial charge on any atom is -0.494 e. The number of ether oxygens (including phenoxy) is 2. The first-order chi connectivity index (χ1) is 16.2. The SMILES string of the molecule is CCCCCCCCCCOc1ccc2nc(NC(=O)c3ccc(OCCC)cc3)sc2c1. The molecule has 1 N–H and O–H groups in total. The van der Waals surface area contributed by atoms with Crippen LogP contribution in [0.15, 0.2) is 42.5 Å². The smallest absolute Gasteiger partial charge is 0.257 e. The van der Waals surface area contributed by atoms with Crippen LogP contribution in [0.4, 0.5) is 5.13 Å². The fourth-order valence-electron chi connectivity index (χ4n) is 3.57. The lowest BCUT2D eigenvalue weighted by Gasteiger charge is -2.06. The number of unbranched alkanes of at least 4 members (excludes halogenated alkanes) is 7. The Balaban J connectivity index is 1.45. The lowest BCUT2D eigenvalue weighted by atomic mass is 10.1. The molecule has 0 bridgehead atoms. The third-order valence-electron chi connectivity index (χ3n) is 5.44. The maximum absolute atomic E-state index is 12.6. The van der Waals surface area contributed by atoms with Gasteiger partial charge < -0.3 is 9.47 Å². The van der Waals surface area contributed by atoms with Crippen molar-refractivity contribution in [1.82, 2.24) is 4.98 Å². The van der Waals surface area contributed by atoms with Crippen molar-refractivity contribution in [3.05, 3.63) is 48.0 Å². The number of nitrogens with zero attached hydrogens (tertiary/aromatic N) is 1. The zero-order chi connectivity index (χ0) is 23.3. The summed E-state index contributed by atoms with van der Waals surface area (Å²) in [4.78, 5) is 17.1. The van der Waals surface area contributed by atoms with Crippen LogP contribution in [0.2, 0.25) is 0 Å². The average molecular weight is 469 g/mol. The number of benzene rings is 2. The maximum Gasteiger partial charge on any atom is 0.257 e. The molecule has 6 heteroatoms. The van der Waals surface area contributed by atoms with Gasteiger partial charge in [0, 0.05) is 5.56 Å². The van der Waals surface area contributed by atoms with E-state index in [1.54, 1.807) is 12.1 Å². The van der Waals surface area contributed by atoms with Gasteiger partial charge in [-0.05, 0) is 55.3 Å². The topological polar surface area (TPSA) is 60.5 Å². The van der Waals surface area contributed by atoms with E-state index in [2.05, 4.69) is 24.1 Å². The van der Waals surface area contributed by atoms with Gasteiger partial charge in [-0.3, -0.25) is 10.1 Å². The Kier molecular flexibility index (Phi) is 10.5. The molecular weight excluding hydrogens is 432 g/mol. The van der Waals surface area contributed by atoms with Gasteiger partial charge in [-0.25, -0.2) is 4.98 Å². The number of hydrogen-bond donors (Lipinski definition) is 1. The van der Waals surface area contributed by atoms with Crippen molar-refractivity contribution in [1.29, 1.82) is 0 Å². The predicted octanol–water partition coefficient (Wildman–Crippen LogP) is 7.86. The third-order valence-corrected chi connectivity index (χ3v) is 6.37. The number of rotatable bonds is 15. The summed E-state index contributed by atoms with van der Waals surface area (Å²) in [6.07, 6.45) is 11.3. The Morgan fingerprint density at radius 3 is 2.21 bits per heavy atom. The first-order valence-corrected chi connectivity index (χ1v) is 13.1. The Morgan fingerprint density at radius 2 is 1.48 bits per heavy atom. The predicted molar refractivity (Wildman–Crippen MR) is 138 cm³/mol. The third kappa shape index (κ3) is 8.35. The van der Waals surface area contributed by atoms with Crippen molar-refractivity contribution < 1.29 is 14.3 Å². The second-order valence-electron chi connectivity index (χ2n) is 8.30. The molecule has 5 nitrogen and oxygen atoms in total. The molecule has 0 atom stereocenters. The summed E-state index contributed by atoms with van der Waals surface area (Å²) in [6.45, 7) is 5.72. The highest BCUT2D eigenvalue weighted by Gasteiger charge is 2.11. The molecule has 0 aliphatic rings. The summed E-state index contributed by atoms with van der Waals surface area (Å²) in [5.74, 6) is 1.45. The van der Waals surface area contributed by atoms with Crippen LogP contribution in [0.3, 0.4) is 0 Å². The van der Waals surface area contributed by atoms with Crippen molar-refractivity contribution in [2.75, 3.05) is 18.5 Å². The fourth-order valence-corrected chi connectivity index (χ4v) is 4.46. The van der Waals surface area contributed by atoms with Crippen LogP contribution >= 0.6 is 11.3 Å². The highest BCUT2D eigenvalue weighted by Crippen LogP contribution is 2.30. The highest BCUT2D eigenvalue weighted by molar-refractivity contribution is 7.22. The zero-order valence-corrected chi connectivity index (χ0v) is 20.7. The summed E-state index contributed by atoms with van der Waals surface area (Å²) in [5.41, 5.74) is 1.44. The largest absolute Gasteiger partial charge is 0.494 e. The van der Waals surface area contributed by atoms with Crippen LogP contribution < -0.4 is 14.8 Å². The molecule has 0 radical (unpaired) electrons. The number of anilines is 1. The second-order valence-corrected chi connectivity index (χ2v) is 9.33. The van der Waals surface area contributed by atoms with Crippen LogP contribution in [0, 0.1) is 0 Å². The van der Waals surface area contributed by atoms with Gasteiger partial charge in [0.1, 0.15) is 11.5 Å². The summed E-state index contributed by atoms with van der Waals surface area (Å²) in [6, 6.07) is 13.1. The Hall–Kier alpha value is -2.60. The molecule has 0 spiro atoms. The van der Waals surface area contributed by atoms with Gasteiger partial charge in [0.05, 0.1) is 23.4 Å². The summed E-state index contributed by atoms with van der Waals surface area (Å²) >= 11 is 1.46. The standard InChI is InChI=1S/C27H36N2O3S/c1-3-5-6-7-8-9-10-11-19-32-23-16-17-24-25(20-23)33-27(28-24)29-26(30)21-12-14-22(15-13-21)31-18-4-2/h12-17,20H,3-11,18-19H2,1-2H3,(H,28,29,30). The summed E-state index contributed by atoms with van der Waals surface area (Å²) in [7, 11) is 0. The monoisotopic (exact) mass is 468 g/mol. The van der Waals surface area contributed by atoms with Crippen LogP contribution in [-0.4, -0.2) is 24.1 Å². The number of fused-ring (bicyclic) bond motifs is 1. The molecule has 0 fully saturated rings. The summed E-state index contributed by atoms with van der Waals surface area (Å²) in [5, 5.41) is 3.49. The van der Waals surface area contributed by atoms with Crippen molar-refractivity contribution in [3.63, 3.8) is 0 Å². The lowest BCUT2D eigenvalue weighted by molar-refractivity contribution is 0.102. The van der Waals surface area contributed by atoms with Gasteiger partial charge >= 0.3 is 0 Å². The van der Waals surface area contributed by atoms with Crippen molar-refractivity contribution in [2.45, 2.75) is 71.6 Å². The Bertz CT molecular complexity index is 985. The molecule has 0 aliphatic carbocycles. The van der Waals surface area contributed by atoms with Crippen LogP contribution in [0.25, 0.3) is 10.2 Å². The number of aromatic nitrogens is 1. The maximum atomic E-state index is 12.6. The average Bonchev–Trinajstić information content (AvgIpc) is 3.23. The molecule has 178 valence electrons. The van der Waals surface area contributed by atoms with E-state index in [1.165, 1.54) is 56.3 Å². The van der Waals surface area contributed by atoms with E-state index in [0.29, 0.717) is 17.3 Å². The van der Waals surface area contributed by atoms with E-state index in [1.807, 2.05) is 30.3 Å². The number of thiazole rings is 1. The van der Waals surface area contributed by atoms with Crippen molar-refractivity contribution in [2.24, 2.45) is 0 Å². The molecule has 2 aromatic carbocycles. The highest BCUT2D eigenvalue weighted by atomic mass is 32.1. The van der Waals surface area contributed by atoms with Crippen molar-refractivity contribution >= 4 is 32.6 Å². The number of nitrogens with one attached hydrogen (secondary N) is 1. The van der Waals surface area contributed by atoms with Gasteiger partial charge in [0.15, 0.2) is 5.13 Å². The molecule has 0 aliphatic heterocycles. The van der Waals surface area contributed by atoms with Gasteiger partial charge in [0.25, 0.3) is 5.91 Å². The van der Waals surface area contributed by atoms with Gasteiger partial charge in [-0.2, -0.15) is 0 Å².